The molecule has 0 spiro atoms. The first kappa shape index (κ1) is 28.0. The van der Waals surface area contributed by atoms with Gasteiger partial charge in [-0.15, -0.1) is 10.2 Å². The van der Waals surface area contributed by atoms with Crippen LogP contribution in [0.25, 0.3) is 17.3 Å². The first-order chi connectivity index (χ1) is 19.4. The Hall–Kier alpha value is -3.57. The molecule has 5 rings (SSSR count). The van der Waals surface area contributed by atoms with Gasteiger partial charge in [-0.2, -0.15) is 13.2 Å². The zero-order chi connectivity index (χ0) is 28.0. The molecule has 210 valence electrons. The second-order valence-electron chi connectivity index (χ2n) is 9.62. The number of hydrogen-bond acceptors (Lipinski definition) is 6. The van der Waals surface area contributed by atoms with E-state index in [1.54, 1.807) is 22.8 Å². The highest BCUT2D eigenvalue weighted by Crippen LogP contribution is 2.33. The Morgan fingerprint density at radius 3 is 2.45 bits per heavy atom. The lowest BCUT2D eigenvalue weighted by atomic mass is 10.2. The highest BCUT2D eigenvalue weighted by Gasteiger charge is 2.31. The smallest absolute Gasteiger partial charge is 0.416 e. The van der Waals surface area contributed by atoms with Crippen molar-refractivity contribution in [3.05, 3.63) is 84.1 Å². The monoisotopic (exact) mass is 569 g/mol. The molecular formula is C29H30F3N5O2S. The maximum absolute atomic E-state index is 13.4. The predicted octanol–water partition coefficient (Wildman–Crippen LogP) is 6.15. The summed E-state index contributed by atoms with van der Waals surface area (Å²) in [5.74, 6) is 1.55. The molecule has 1 fully saturated rings. The lowest BCUT2D eigenvalue weighted by molar-refractivity contribution is -0.137. The van der Waals surface area contributed by atoms with Crippen LogP contribution in [0.2, 0.25) is 0 Å². The Balaban J connectivity index is 1.13. The quantitative estimate of drug-likeness (QED) is 0.169. The molecule has 0 unspecified atom stereocenters. The van der Waals surface area contributed by atoms with Gasteiger partial charge in [-0.1, -0.05) is 48.2 Å². The van der Waals surface area contributed by atoms with Crippen LogP contribution in [0.5, 0.6) is 0 Å². The van der Waals surface area contributed by atoms with Gasteiger partial charge in [0.05, 0.1) is 17.5 Å². The number of hydrogen-bond donors (Lipinski definition) is 0. The van der Waals surface area contributed by atoms with Gasteiger partial charge in [-0.05, 0) is 48.7 Å². The van der Waals surface area contributed by atoms with Gasteiger partial charge < -0.3 is 9.32 Å². The molecule has 2 aromatic carbocycles. The summed E-state index contributed by atoms with van der Waals surface area (Å²) in [7, 11) is 0. The van der Waals surface area contributed by atoms with E-state index in [0.717, 1.165) is 57.7 Å². The molecule has 4 aromatic rings. The summed E-state index contributed by atoms with van der Waals surface area (Å²) in [6.07, 6.45) is -1.04. The molecular weight excluding hydrogens is 539 g/mol. The summed E-state index contributed by atoms with van der Waals surface area (Å²) in [4.78, 5) is 17.1. The SMILES string of the molecule is O=C(CCCCSc1nnc(-c2ccco2)n1-c1cccc(C(F)(F)F)c1)N1CCN(Cc2ccccc2)CC1. The van der Waals surface area contributed by atoms with E-state index < -0.39 is 11.7 Å². The van der Waals surface area contributed by atoms with Gasteiger partial charge in [-0.3, -0.25) is 14.3 Å². The maximum atomic E-state index is 13.4. The van der Waals surface area contributed by atoms with Crippen LogP contribution in [-0.2, 0) is 17.5 Å². The molecule has 0 bridgehead atoms. The molecule has 1 aliphatic heterocycles. The highest BCUT2D eigenvalue weighted by molar-refractivity contribution is 7.99. The average Bonchev–Trinajstić information content (AvgIpc) is 3.64. The van der Waals surface area contributed by atoms with Crippen molar-refractivity contribution in [2.45, 2.75) is 37.1 Å². The highest BCUT2D eigenvalue weighted by atomic mass is 32.2. The number of thioether (sulfide) groups is 1. The Morgan fingerprint density at radius 2 is 1.73 bits per heavy atom. The van der Waals surface area contributed by atoms with E-state index in [1.165, 1.54) is 29.7 Å². The van der Waals surface area contributed by atoms with E-state index in [-0.39, 0.29) is 5.91 Å². The molecule has 40 heavy (non-hydrogen) atoms. The summed E-state index contributed by atoms with van der Waals surface area (Å²) in [5.41, 5.74) is 0.828. The minimum atomic E-state index is -4.47. The van der Waals surface area contributed by atoms with Crippen molar-refractivity contribution in [3.8, 4) is 17.3 Å². The van der Waals surface area contributed by atoms with Gasteiger partial charge in [0.15, 0.2) is 10.9 Å². The average molecular weight is 570 g/mol. The van der Waals surface area contributed by atoms with Crippen molar-refractivity contribution < 1.29 is 22.4 Å². The van der Waals surface area contributed by atoms with Crippen LogP contribution in [0.4, 0.5) is 13.2 Å². The topological polar surface area (TPSA) is 67.4 Å². The second kappa shape index (κ2) is 12.7. The normalized spacial score (nSPS) is 14.5. The molecule has 1 aliphatic rings. The fourth-order valence-corrected chi connectivity index (χ4v) is 5.63. The predicted molar refractivity (Wildman–Crippen MR) is 147 cm³/mol. The zero-order valence-corrected chi connectivity index (χ0v) is 22.7. The van der Waals surface area contributed by atoms with Crippen LogP contribution in [0.15, 0.2) is 82.6 Å². The lowest BCUT2D eigenvalue weighted by Gasteiger charge is -2.34. The first-order valence-corrected chi connectivity index (χ1v) is 14.2. The van der Waals surface area contributed by atoms with Crippen LogP contribution in [0.1, 0.15) is 30.4 Å². The summed E-state index contributed by atoms with van der Waals surface area (Å²) in [6, 6.07) is 18.8. The molecule has 7 nitrogen and oxygen atoms in total. The van der Waals surface area contributed by atoms with Crippen molar-refractivity contribution in [2.75, 3.05) is 31.9 Å². The molecule has 3 heterocycles. The van der Waals surface area contributed by atoms with Gasteiger partial charge >= 0.3 is 6.18 Å². The number of alkyl halides is 3. The molecule has 0 saturated carbocycles. The number of furan rings is 1. The molecule has 1 amide bonds. The summed E-state index contributed by atoms with van der Waals surface area (Å²) in [6.45, 7) is 4.08. The molecule has 11 heteroatoms. The minimum Gasteiger partial charge on any atom is -0.461 e. The van der Waals surface area contributed by atoms with Gasteiger partial charge in [-0.25, -0.2) is 0 Å². The van der Waals surface area contributed by atoms with Gasteiger partial charge in [0, 0.05) is 44.9 Å². The Kier molecular flexibility index (Phi) is 8.91. The maximum Gasteiger partial charge on any atom is 0.416 e. The summed E-state index contributed by atoms with van der Waals surface area (Å²) < 4.78 is 47.2. The van der Waals surface area contributed by atoms with Crippen LogP contribution in [0.3, 0.4) is 0 Å². The number of aromatic nitrogens is 3. The number of carbonyl (C=O) groups excluding carboxylic acids is 1. The fraction of sp³-hybridized carbons (Fsp3) is 0.345. The molecule has 0 N–H and O–H groups in total. The van der Waals surface area contributed by atoms with Crippen molar-refractivity contribution in [3.63, 3.8) is 0 Å². The number of nitrogens with zero attached hydrogens (tertiary/aromatic N) is 5. The van der Waals surface area contributed by atoms with Crippen LogP contribution in [0, 0.1) is 0 Å². The van der Waals surface area contributed by atoms with Crippen molar-refractivity contribution in [2.24, 2.45) is 0 Å². The zero-order valence-electron chi connectivity index (χ0n) is 21.9. The third-order valence-electron chi connectivity index (χ3n) is 6.80. The third kappa shape index (κ3) is 6.95. The van der Waals surface area contributed by atoms with E-state index in [4.69, 9.17) is 4.42 Å². The minimum absolute atomic E-state index is 0.164. The van der Waals surface area contributed by atoms with Gasteiger partial charge in [0.2, 0.25) is 11.7 Å². The van der Waals surface area contributed by atoms with Crippen molar-refractivity contribution in [1.29, 1.82) is 0 Å². The van der Waals surface area contributed by atoms with E-state index in [2.05, 4.69) is 27.2 Å². The molecule has 2 aromatic heterocycles. The summed E-state index contributed by atoms with van der Waals surface area (Å²) in [5, 5.41) is 8.90. The second-order valence-corrected chi connectivity index (χ2v) is 10.7. The molecule has 0 atom stereocenters. The Morgan fingerprint density at radius 1 is 0.925 bits per heavy atom. The van der Waals surface area contributed by atoms with Crippen LogP contribution in [-0.4, -0.2) is 62.4 Å². The summed E-state index contributed by atoms with van der Waals surface area (Å²) >= 11 is 1.40. The lowest BCUT2D eigenvalue weighted by Crippen LogP contribution is -2.48. The van der Waals surface area contributed by atoms with Gasteiger partial charge in [0.1, 0.15) is 0 Å². The van der Waals surface area contributed by atoms with E-state index in [0.29, 0.717) is 34.6 Å². The number of rotatable bonds is 10. The Bertz CT molecular complexity index is 1380. The van der Waals surface area contributed by atoms with E-state index in [1.807, 2.05) is 23.1 Å². The van der Waals surface area contributed by atoms with Crippen LogP contribution >= 0.6 is 11.8 Å². The number of piperazine rings is 1. The molecule has 0 aliphatic carbocycles. The standard InChI is InChI=1S/C29H30F3N5O2S/c30-29(31,32)23-10-6-11-24(20-23)37-27(25-12-7-18-39-25)33-34-28(37)40-19-5-4-13-26(38)36-16-14-35(15-17-36)21-22-8-2-1-3-9-22/h1-3,6-12,18,20H,4-5,13-17,19,21H2. The van der Waals surface area contributed by atoms with Gasteiger partial charge in [0.25, 0.3) is 0 Å². The number of carbonyl (C=O) groups is 1. The molecule has 1 saturated heterocycles. The van der Waals surface area contributed by atoms with E-state index >= 15 is 0 Å². The first-order valence-electron chi connectivity index (χ1n) is 13.2. The number of benzene rings is 2. The largest absolute Gasteiger partial charge is 0.461 e. The number of amides is 1. The third-order valence-corrected chi connectivity index (χ3v) is 7.81. The van der Waals surface area contributed by atoms with E-state index in [9.17, 15) is 18.0 Å². The Labute approximate surface area is 235 Å². The van der Waals surface area contributed by atoms with Crippen LogP contribution < -0.4 is 0 Å². The number of unbranched alkanes of at least 4 members (excludes halogenated alkanes) is 1. The molecule has 0 radical (unpaired) electrons. The fourth-order valence-electron chi connectivity index (χ4n) is 4.68. The number of halogens is 3. The van der Waals surface area contributed by atoms with Crippen molar-refractivity contribution in [1.82, 2.24) is 24.6 Å². The van der Waals surface area contributed by atoms with Crippen molar-refractivity contribution >= 4 is 17.7 Å².